The molecule has 0 aliphatic carbocycles. The Morgan fingerprint density at radius 2 is 1.91 bits per heavy atom. The largest absolute Gasteiger partial charge is 0.480 e. The molecule has 0 aliphatic heterocycles. The van der Waals surface area contributed by atoms with Crippen molar-refractivity contribution in [3.05, 3.63) is 29.3 Å². The first-order valence-electron chi connectivity index (χ1n) is 6.26. The van der Waals surface area contributed by atoms with Crippen molar-refractivity contribution in [2.24, 2.45) is 5.92 Å². The summed E-state index contributed by atoms with van der Waals surface area (Å²) in [6.45, 7) is 2.93. The van der Waals surface area contributed by atoms with Gasteiger partial charge in [-0.1, -0.05) is 13.8 Å². The van der Waals surface area contributed by atoms with E-state index >= 15 is 0 Å². The van der Waals surface area contributed by atoms with Gasteiger partial charge in [-0.05, 0) is 24.1 Å². The average molecular weight is 350 g/mol. The highest BCUT2D eigenvalue weighted by Gasteiger charge is 2.35. The van der Waals surface area contributed by atoms with E-state index in [1.165, 1.54) is 19.9 Å². The van der Waals surface area contributed by atoms with E-state index in [2.05, 4.69) is 0 Å². The number of halogens is 3. The van der Waals surface area contributed by atoms with Crippen LogP contribution in [0.25, 0.3) is 0 Å². The summed E-state index contributed by atoms with van der Waals surface area (Å²) in [7, 11) is -4.39. The summed E-state index contributed by atoms with van der Waals surface area (Å²) in [5, 5.41) is 17.7. The van der Waals surface area contributed by atoms with E-state index in [1.54, 1.807) is 0 Å². The number of nitriles is 1. The number of aliphatic carboxylic acids is 1. The Bertz CT molecular complexity index is 751. The molecule has 1 aromatic carbocycles. The SMILES string of the molecule is CC(C)[C@H](NS(=O)(=O)c1ccc(C(F)(F)F)c(C#N)c1)C(=O)O. The lowest BCUT2D eigenvalue weighted by molar-refractivity contribution is -0.140. The van der Waals surface area contributed by atoms with Gasteiger partial charge in [-0.3, -0.25) is 4.79 Å². The van der Waals surface area contributed by atoms with Gasteiger partial charge in [0, 0.05) is 0 Å². The minimum Gasteiger partial charge on any atom is -0.480 e. The predicted molar refractivity (Wildman–Crippen MR) is 72.7 cm³/mol. The van der Waals surface area contributed by atoms with Gasteiger partial charge in [0.15, 0.2) is 0 Å². The first-order valence-corrected chi connectivity index (χ1v) is 7.75. The molecule has 0 spiro atoms. The number of carbonyl (C=O) groups is 1. The van der Waals surface area contributed by atoms with Crippen molar-refractivity contribution < 1.29 is 31.5 Å². The van der Waals surface area contributed by atoms with Crippen LogP contribution in [0.1, 0.15) is 25.0 Å². The third-order valence-corrected chi connectivity index (χ3v) is 4.38. The first kappa shape index (κ1) is 18.9. The maximum atomic E-state index is 12.7. The van der Waals surface area contributed by atoms with Crippen molar-refractivity contribution in [1.29, 1.82) is 5.26 Å². The Balaban J connectivity index is 3.31. The van der Waals surface area contributed by atoms with Gasteiger partial charge >= 0.3 is 12.1 Å². The minimum absolute atomic E-state index is 0.471. The number of carboxylic acid groups (broad SMARTS) is 1. The minimum atomic E-state index is -4.80. The summed E-state index contributed by atoms with van der Waals surface area (Å²) in [5.74, 6) is -2.01. The highest BCUT2D eigenvalue weighted by Crippen LogP contribution is 2.32. The summed E-state index contributed by atoms with van der Waals surface area (Å²) in [6, 6.07) is 1.54. The second kappa shape index (κ2) is 6.55. The third kappa shape index (κ3) is 4.43. The Morgan fingerprint density at radius 3 is 2.30 bits per heavy atom. The highest BCUT2D eigenvalue weighted by atomic mass is 32.2. The monoisotopic (exact) mass is 350 g/mol. The van der Waals surface area contributed by atoms with Gasteiger partial charge < -0.3 is 5.11 Å². The normalized spacial score (nSPS) is 13.6. The number of nitrogens with zero attached hydrogens (tertiary/aromatic N) is 1. The fourth-order valence-corrected chi connectivity index (χ4v) is 3.10. The molecule has 10 heteroatoms. The van der Waals surface area contributed by atoms with Crippen LogP contribution in [0.2, 0.25) is 0 Å². The van der Waals surface area contributed by atoms with Crippen molar-refractivity contribution in [3.63, 3.8) is 0 Å². The summed E-state index contributed by atoms with van der Waals surface area (Å²) in [5.41, 5.74) is -2.13. The van der Waals surface area contributed by atoms with E-state index in [1.807, 2.05) is 4.72 Å². The molecular formula is C13H13F3N2O4S. The number of hydrogen-bond donors (Lipinski definition) is 2. The van der Waals surface area contributed by atoms with Crippen LogP contribution < -0.4 is 4.72 Å². The molecule has 0 amide bonds. The van der Waals surface area contributed by atoms with Gasteiger partial charge in [0.25, 0.3) is 0 Å². The molecule has 126 valence electrons. The van der Waals surface area contributed by atoms with E-state index in [0.29, 0.717) is 18.2 Å². The van der Waals surface area contributed by atoms with Gasteiger partial charge in [0.1, 0.15) is 6.04 Å². The summed E-state index contributed by atoms with van der Waals surface area (Å²) in [4.78, 5) is 10.4. The van der Waals surface area contributed by atoms with Crippen LogP contribution in [0.15, 0.2) is 23.1 Å². The molecular weight excluding hydrogens is 337 g/mol. The van der Waals surface area contributed by atoms with Gasteiger partial charge in [-0.2, -0.15) is 23.2 Å². The number of sulfonamides is 1. The Labute approximate surface area is 130 Å². The van der Waals surface area contributed by atoms with Crippen molar-refractivity contribution in [2.75, 3.05) is 0 Å². The van der Waals surface area contributed by atoms with Gasteiger partial charge in [-0.15, -0.1) is 0 Å². The number of carboxylic acids is 1. The van der Waals surface area contributed by atoms with E-state index in [0.717, 1.165) is 0 Å². The van der Waals surface area contributed by atoms with Crippen LogP contribution in [-0.2, 0) is 21.0 Å². The second-order valence-corrected chi connectivity index (χ2v) is 6.71. The molecule has 2 N–H and O–H groups in total. The molecule has 0 aromatic heterocycles. The Kier molecular flexibility index (Phi) is 5.39. The second-order valence-electron chi connectivity index (χ2n) is 5.00. The first-order chi connectivity index (χ1) is 10.4. The van der Waals surface area contributed by atoms with Crippen LogP contribution in [0.4, 0.5) is 13.2 Å². The predicted octanol–water partition coefficient (Wildman–Crippen LogP) is 1.96. The Hall–Kier alpha value is -2.12. The maximum absolute atomic E-state index is 12.7. The van der Waals surface area contributed by atoms with Crippen LogP contribution in [0, 0.1) is 17.2 Å². The number of hydrogen-bond acceptors (Lipinski definition) is 4. The number of rotatable bonds is 5. The summed E-state index contributed by atoms with van der Waals surface area (Å²) in [6.07, 6.45) is -4.80. The molecule has 0 radical (unpaired) electrons. The fourth-order valence-electron chi connectivity index (χ4n) is 1.74. The van der Waals surface area contributed by atoms with Crippen LogP contribution in [0.5, 0.6) is 0 Å². The zero-order valence-electron chi connectivity index (χ0n) is 12.0. The molecule has 1 aromatic rings. The van der Waals surface area contributed by atoms with Crippen LogP contribution >= 0.6 is 0 Å². The van der Waals surface area contributed by atoms with Crippen molar-refractivity contribution in [3.8, 4) is 6.07 Å². The zero-order valence-corrected chi connectivity index (χ0v) is 12.9. The zero-order chi connectivity index (χ0) is 18.0. The molecule has 6 nitrogen and oxygen atoms in total. The van der Waals surface area contributed by atoms with E-state index in [-0.39, 0.29) is 0 Å². The standard InChI is InChI=1S/C13H13F3N2O4S/c1-7(2)11(12(19)20)18-23(21,22)9-3-4-10(13(14,15)16)8(5-9)6-17/h3-5,7,11,18H,1-2H3,(H,19,20)/t11-/m0/s1. The Morgan fingerprint density at radius 1 is 1.35 bits per heavy atom. The lowest BCUT2D eigenvalue weighted by Crippen LogP contribution is -2.44. The van der Waals surface area contributed by atoms with Crippen LogP contribution in [-0.4, -0.2) is 25.5 Å². The molecule has 0 saturated carbocycles. The highest BCUT2D eigenvalue weighted by molar-refractivity contribution is 7.89. The van der Waals surface area contributed by atoms with Crippen LogP contribution in [0.3, 0.4) is 0 Å². The number of nitrogens with one attached hydrogen (secondary N) is 1. The summed E-state index contributed by atoms with van der Waals surface area (Å²) < 4.78 is 64.2. The topological polar surface area (TPSA) is 107 Å². The van der Waals surface area contributed by atoms with Gasteiger partial charge in [0.05, 0.1) is 22.1 Å². The number of alkyl halides is 3. The molecule has 1 rings (SSSR count). The molecule has 0 heterocycles. The summed E-state index contributed by atoms with van der Waals surface area (Å²) >= 11 is 0. The molecule has 0 fully saturated rings. The fraction of sp³-hybridized carbons (Fsp3) is 0.385. The molecule has 0 saturated heterocycles. The molecule has 0 unspecified atom stereocenters. The quantitative estimate of drug-likeness (QED) is 0.844. The molecule has 0 aliphatic rings. The van der Waals surface area contributed by atoms with Gasteiger partial charge in [-0.25, -0.2) is 8.42 Å². The van der Waals surface area contributed by atoms with Crippen molar-refractivity contribution >= 4 is 16.0 Å². The van der Waals surface area contributed by atoms with E-state index < -0.39 is 50.2 Å². The molecule has 1 atom stereocenters. The molecule has 23 heavy (non-hydrogen) atoms. The molecule has 0 bridgehead atoms. The lowest BCUT2D eigenvalue weighted by atomic mass is 10.1. The van der Waals surface area contributed by atoms with Gasteiger partial charge in [0.2, 0.25) is 10.0 Å². The lowest BCUT2D eigenvalue weighted by Gasteiger charge is -2.18. The van der Waals surface area contributed by atoms with E-state index in [4.69, 9.17) is 10.4 Å². The average Bonchev–Trinajstić information content (AvgIpc) is 2.42. The van der Waals surface area contributed by atoms with E-state index in [9.17, 15) is 26.4 Å². The van der Waals surface area contributed by atoms with Crippen molar-refractivity contribution in [1.82, 2.24) is 4.72 Å². The smallest absolute Gasteiger partial charge is 0.417 e. The maximum Gasteiger partial charge on any atom is 0.417 e. The van der Waals surface area contributed by atoms with Crippen molar-refractivity contribution in [2.45, 2.75) is 31.0 Å². The number of benzene rings is 1. The third-order valence-electron chi connectivity index (χ3n) is 2.94.